The summed E-state index contributed by atoms with van der Waals surface area (Å²) in [6.45, 7) is 2.51. The number of amides is 1. The van der Waals surface area contributed by atoms with Crippen LogP contribution in [0.25, 0.3) is 0 Å². The van der Waals surface area contributed by atoms with E-state index in [1.807, 2.05) is 0 Å². The first kappa shape index (κ1) is 81.6. The lowest BCUT2D eigenvalue weighted by molar-refractivity contribution is -0.273. The fourth-order valence-electron chi connectivity index (χ4n) is 31.1. The Balaban J connectivity index is 0.0000000914. The lowest BCUT2D eigenvalue weighted by Crippen LogP contribution is -2.68. The molecule has 16 heterocycles. The second-order valence-electron chi connectivity index (χ2n) is 43.3. The smallest absolute Gasteiger partial charge is 0.251 e. The van der Waals surface area contributed by atoms with E-state index in [2.05, 4.69) is 24.4 Å². The van der Waals surface area contributed by atoms with Crippen molar-refractivity contribution in [1.82, 2.24) is 45.8 Å². The average Bonchev–Trinajstić information content (AvgIpc) is 0.719. The summed E-state index contributed by atoms with van der Waals surface area (Å²) in [5, 5.41) is 152. The highest BCUT2D eigenvalue weighted by atomic mass is 16.5. The number of aliphatic hydroxyl groups excluding tert-OH is 2. The average molecular weight is 1590 g/mol. The quantitative estimate of drug-likeness (QED) is 0.128. The molecule has 0 radical (unpaired) electrons. The van der Waals surface area contributed by atoms with Gasteiger partial charge in [-0.25, -0.2) is 0 Å². The van der Waals surface area contributed by atoms with Gasteiger partial charge in [-0.2, -0.15) is 40.5 Å². The Bertz CT molecular complexity index is 3470. The molecule has 14 aliphatic carbocycles. The Morgan fingerprint density at radius 1 is 0.421 bits per heavy atom. The summed E-state index contributed by atoms with van der Waals surface area (Å²) in [7, 11) is 0. The minimum Gasteiger partial charge on any atom is -0.508 e. The van der Waals surface area contributed by atoms with Crippen LogP contribution in [0.15, 0.2) is 48.5 Å². The molecule has 26 nitrogen and oxygen atoms in total. The summed E-state index contributed by atoms with van der Waals surface area (Å²) < 4.78 is 0. The lowest BCUT2D eigenvalue weighted by Gasteiger charge is -2.61. The second kappa shape index (κ2) is 31.2. The van der Waals surface area contributed by atoms with Crippen LogP contribution in [0.3, 0.4) is 0 Å². The molecule has 30 fully saturated rings. The number of hydroxylamine groups is 16. The Morgan fingerprint density at radius 3 is 1.21 bits per heavy atom. The number of hydrogen-bond acceptors (Lipinski definition) is 25. The third-order valence-corrected chi connectivity index (χ3v) is 34.8. The lowest BCUT2D eigenvalue weighted by atomic mass is 9.54. The van der Waals surface area contributed by atoms with E-state index < -0.39 is 11.2 Å². The minimum atomic E-state index is -0.421. The van der Waals surface area contributed by atoms with Gasteiger partial charge in [-0.3, -0.25) is 4.79 Å². The number of phenolic OH excluding ortho intramolecular Hbond substituents is 2. The molecule has 30 bridgehead atoms. The summed E-state index contributed by atoms with van der Waals surface area (Å²) >= 11 is 0. The van der Waals surface area contributed by atoms with Gasteiger partial charge < -0.3 is 89.1 Å². The SMILES string of the molecule is CC12CC3CC(CC(C1)C3N)N2O.NC12CC3CC(C1)N(O)C(C3)C2.O=C(NC12CC3CC(C1)N(O)C(C3)C2)c1ccc(O)cc1.OC1CC2CCCC(C1)N2O.OCCCC12CC3CC(C1)N(O)C(C3)C2.ON1C2CC3CC1CC(O)(C3)C2.ON1C2CC3CC1CC(O)(C3)C2.Oc1ccc(C23CC4CC(C2)N(O)C(C4)C3)cc1. The van der Waals surface area contributed by atoms with Gasteiger partial charge in [-0.1, -0.05) is 18.6 Å². The van der Waals surface area contributed by atoms with Gasteiger partial charge in [0, 0.05) is 125 Å². The number of nitrogens with two attached hydrogens (primary N) is 2. The molecule has 32 rings (SSSR count). The highest BCUT2D eigenvalue weighted by Gasteiger charge is 2.62. The van der Waals surface area contributed by atoms with Crippen molar-refractivity contribution in [3.63, 3.8) is 0 Å². The van der Waals surface area contributed by atoms with Crippen molar-refractivity contribution < 1.29 is 77.1 Å². The number of hydrogen-bond donors (Lipinski definition) is 17. The van der Waals surface area contributed by atoms with Gasteiger partial charge in [0.05, 0.1) is 17.3 Å². The van der Waals surface area contributed by atoms with Crippen LogP contribution in [0.2, 0.25) is 0 Å². The maximum atomic E-state index is 12.5. The Morgan fingerprint density at radius 2 is 0.789 bits per heavy atom. The normalized spacial score (nSPS) is 49.7. The molecule has 1 amide bonds. The van der Waals surface area contributed by atoms with Crippen LogP contribution in [0, 0.1) is 52.8 Å². The molecule has 19 N–H and O–H groups in total. The second-order valence-corrected chi connectivity index (χ2v) is 43.3. The van der Waals surface area contributed by atoms with Crippen LogP contribution in [0.5, 0.6) is 11.5 Å². The van der Waals surface area contributed by atoms with Crippen LogP contribution in [-0.2, 0) is 5.41 Å². The maximum absolute atomic E-state index is 12.5. The highest BCUT2D eigenvalue weighted by molar-refractivity contribution is 5.94. The number of nitrogens with one attached hydrogen (secondary N) is 1. The first-order valence-corrected chi connectivity index (χ1v) is 45.3. The van der Waals surface area contributed by atoms with Gasteiger partial charge >= 0.3 is 0 Å². The molecule has 16 saturated heterocycles. The number of fused-ring (bicyclic) bond motifs is 2. The molecule has 16 aliphatic heterocycles. The van der Waals surface area contributed by atoms with Crippen molar-refractivity contribution >= 4 is 5.91 Å². The molecule has 2 aromatic rings. The maximum Gasteiger partial charge on any atom is 0.251 e. The van der Waals surface area contributed by atoms with Crippen LogP contribution in [-0.4, -0.2) is 256 Å². The third-order valence-electron chi connectivity index (χ3n) is 34.8. The molecule has 0 aromatic heterocycles. The van der Waals surface area contributed by atoms with Gasteiger partial charge in [0.25, 0.3) is 5.91 Å². The van der Waals surface area contributed by atoms with E-state index in [1.165, 1.54) is 95.7 Å². The van der Waals surface area contributed by atoms with Gasteiger partial charge in [0.1, 0.15) is 11.5 Å². The van der Waals surface area contributed by atoms with Crippen LogP contribution in [0.4, 0.5) is 0 Å². The monoisotopic (exact) mass is 1590 g/mol. The first-order chi connectivity index (χ1) is 54.3. The number of aliphatic hydroxyl groups is 4. The molecular formula is C88H139N11O15. The number of carbonyl (C=O) groups is 1. The van der Waals surface area contributed by atoms with Gasteiger partial charge in [-0.15, -0.1) is 0 Å². The summed E-state index contributed by atoms with van der Waals surface area (Å²) in [6, 6.07) is 19.1. The number of carbonyl (C=O) groups excluding carboxylic acids is 1. The zero-order chi connectivity index (χ0) is 79.5. The molecular weight excluding hydrogens is 1450 g/mol. The highest BCUT2D eigenvalue weighted by Crippen LogP contribution is 2.61. The van der Waals surface area contributed by atoms with Crippen molar-refractivity contribution in [2.24, 2.45) is 64.2 Å². The summed E-state index contributed by atoms with van der Waals surface area (Å²) in [6.07, 6.45) is 42.8. The van der Waals surface area contributed by atoms with Crippen molar-refractivity contribution in [2.75, 3.05) is 6.61 Å². The molecule has 2 aromatic carbocycles. The van der Waals surface area contributed by atoms with E-state index in [9.17, 15) is 72.0 Å². The van der Waals surface area contributed by atoms with E-state index in [4.69, 9.17) is 16.6 Å². The summed E-state index contributed by atoms with van der Waals surface area (Å²) in [5.41, 5.74) is 14.2. The Hall–Kier alpha value is -3.37. The van der Waals surface area contributed by atoms with E-state index in [0.29, 0.717) is 101 Å². The van der Waals surface area contributed by atoms with Crippen molar-refractivity contribution in [2.45, 2.75) is 406 Å². The zero-order valence-electron chi connectivity index (χ0n) is 67.7. The summed E-state index contributed by atoms with van der Waals surface area (Å²) in [5.74, 6) is 6.17. The fourth-order valence-corrected chi connectivity index (χ4v) is 31.1. The van der Waals surface area contributed by atoms with Crippen LogP contribution >= 0.6 is 0 Å². The third kappa shape index (κ3) is 16.0. The van der Waals surface area contributed by atoms with Crippen molar-refractivity contribution in [3.8, 4) is 11.5 Å². The van der Waals surface area contributed by atoms with Gasteiger partial charge in [0.2, 0.25) is 0 Å². The van der Waals surface area contributed by atoms with E-state index in [0.717, 1.165) is 223 Å². The fraction of sp³-hybridized carbons (Fsp3) is 0.852. The molecule has 26 heteroatoms. The molecule has 16 unspecified atom stereocenters. The standard InChI is InChI=1S/C16H20N2O3.C15H19NO2.C12H21NO2.C10H18N2O.C9H16N2O.2C9H15NO2.C8H15NO2/c19-14-3-1-11(2-4-14)15(20)17-16-7-10-5-12(8-16)18(21)13(6-10)9-16;17-14-3-1-11(2-4-14)15-7-10-5-12(8-15)16(18)13(6-10)9-15;14-3-1-2-12-6-9-4-10(7-12)13(15)11(5-9)8-12;1-10-4-6-2-8(12(10)13)3-7(5-10)9(6)11;10-9-3-6-1-7(4-9)11(12)8(2-6)5-9;2*11-9-3-6-1-7(4-9)10(12)8(2-6)5-9;10-8-4-6-2-1-3-7(5-8)9(6)11/h1-4,10,12-13,19,21H,5-9H2,(H,17,20);1-4,10,12-13,17-18H,5-9H2;9-11,14-15H,1-8H2;6-9,13H,2-5,11H2,1H3;6-8,12H,1-5,10H2;2*6-8,11-12H,1-5H2;6-8,10-11H,1-5H2. The number of piperidine rings is 16. The predicted octanol–water partition coefficient (Wildman–Crippen LogP) is 10.3. The minimum absolute atomic E-state index is 0.0480. The van der Waals surface area contributed by atoms with Crippen molar-refractivity contribution in [1.29, 1.82) is 0 Å². The van der Waals surface area contributed by atoms with Gasteiger partial charge in [-0.05, 0) is 364 Å². The van der Waals surface area contributed by atoms with Gasteiger partial charge in [0.15, 0.2) is 0 Å². The zero-order valence-corrected chi connectivity index (χ0v) is 67.7. The van der Waals surface area contributed by atoms with Crippen molar-refractivity contribution in [3.05, 3.63) is 59.7 Å². The number of phenols is 2. The van der Waals surface area contributed by atoms with E-state index >= 15 is 0 Å². The number of nitrogens with zero attached hydrogens (tertiary/aromatic N) is 8. The Kier molecular flexibility index (Phi) is 22.3. The number of rotatable bonds is 6. The number of benzene rings is 2. The topological polar surface area (TPSA) is 390 Å². The number of aromatic hydroxyl groups is 2. The predicted molar refractivity (Wildman–Crippen MR) is 420 cm³/mol. The molecule has 636 valence electrons. The molecule has 114 heavy (non-hydrogen) atoms. The van der Waals surface area contributed by atoms with Crippen LogP contribution < -0.4 is 16.8 Å². The van der Waals surface area contributed by atoms with E-state index in [-0.39, 0.29) is 88.1 Å². The largest absolute Gasteiger partial charge is 0.508 e. The Labute approximate surface area is 673 Å². The first-order valence-electron chi connectivity index (χ1n) is 45.3. The summed E-state index contributed by atoms with van der Waals surface area (Å²) in [4.78, 5) is 12.5. The molecule has 14 saturated carbocycles. The molecule has 16 atom stereocenters. The van der Waals surface area contributed by atoms with E-state index in [1.54, 1.807) is 44.5 Å². The molecule has 30 aliphatic rings. The molecule has 0 spiro atoms. The van der Waals surface area contributed by atoms with Crippen LogP contribution in [0.1, 0.15) is 286 Å².